The fraction of sp³-hybridized carbons (Fsp3) is 0.364. The molecule has 1 aromatic rings. The van der Waals surface area contributed by atoms with E-state index in [0.717, 1.165) is 5.69 Å². The van der Waals surface area contributed by atoms with Crippen LogP contribution in [0.25, 0.3) is 10.4 Å². The van der Waals surface area contributed by atoms with Crippen LogP contribution in [0.15, 0.2) is 11.1 Å². The summed E-state index contributed by atoms with van der Waals surface area (Å²) in [7, 11) is 0. The van der Waals surface area contributed by atoms with Gasteiger partial charge in [-0.15, -0.1) is 11.3 Å². The summed E-state index contributed by atoms with van der Waals surface area (Å²) in [6.45, 7) is 12.6. The molecule has 0 N–H and O–H groups in total. The molecule has 0 saturated heterocycles. The number of thiazole rings is 1. The molecule has 0 aliphatic rings. The largest absolute Gasteiger partial charge is 0.471 e. The first-order valence-electron chi connectivity index (χ1n) is 4.78. The molecule has 84 valence electrons. The highest BCUT2D eigenvalue weighted by Crippen LogP contribution is 2.23. The van der Waals surface area contributed by atoms with Crippen LogP contribution in [0, 0.1) is 13.5 Å². The molecule has 0 aliphatic carbocycles. The van der Waals surface area contributed by atoms with E-state index in [1.165, 1.54) is 11.3 Å². The Morgan fingerprint density at radius 3 is 2.81 bits per heavy atom. The fourth-order valence-electron chi connectivity index (χ4n) is 1.11. The fourth-order valence-corrected chi connectivity index (χ4v) is 1.91. The Balaban J connectivity index is 3.10. The topological polar surface area (TPSA) is 43.5 Å². The van der Waals surface area contributed by atoms with Gasteiger partial charge in [0.25, 0.3) is 5.70 Å². The summed E-state index contributed by atoms with van der Waals surface area (Å²) < 4.78 is 4.81. The van der Waals surface area contributed by atoms with Crippen LogP contribution in [0.3, 0.4) is 0 Å². The smallest absolute Gasteiger partial charge is 0.336 e. The van der Waals surface area contributed by atoms with E-state index in [4.69, 9.17) is 11.3 Å². The molecule has 1 rings (SSSR count). The van der Waals surface area contributed by atoms with Gasteiger partial charge in [0.2, 0.25) is 0 Å². The number of aryl methyl sites for hydroxylation is 1. The Labute approximate surface area is 98.4 Å². The lowest BCUT2D eigenvalue weighted by Gasteiger charge is -2.02. The van der Waals surface area contributed by atoms with Crippen LogP contribution in [0.5, 0.6) is 0 Å². The van der Waals surface area contributed by atoms with Crippen molar-refractivity contribution in [1.82, 2.24) is 4.98 Å². The Morgan fingerprint density at radius 1 is 1.69 bits per heavy atom. The molecule has 0 fully saturated rings. The maximum Gasteiger partial charge on any atom is 0.336 e. The molecular formula is C11H12N2O2S. The highest BCUT2D eigenvalue weighted by molar-refractivity contribution is 7.10. The van der Waals surface area contributed by atoms with Crippen molar-refractivity contribution in [3.8, 4) is 0 Å². The molecule has 0 unspecified atom stereocenters. The van der Waals surface area contributed by atoms with E-state index in [9.17, 15) is 4.79 Å². The Hall–Kier alpha value is -1.67. The monoisotopic (exact) mass is 236 g/mol. The summed E-state index contributed by atoms with van der Waals surface area (Å²) >= 11 is 1.42. The molecular weight excluding hydrogens is 224 g/mol. The summed E-state index contributed by atoms with van der Waals surface area (Å²) in [5.41, 5.74) is 1.47. The second-order valence-electron chi connectivity index (χ2n) is 3.10. The van der Waals surface area contributed by atoms with Gasteiger partial charge in [-0.2, -0.15) is 0 Å². The average Bonchev–Trinajstić information content (AvgIpc) is 2.66. The number of hydrogen-bond acceptors (Lipinski definition) is 4. The van der Waals surface area contributed by atoms with Gasteiger partial charge in [0, 0.05) is 11.1 Å². The molecule has 0 spiro atoms. The van der Waals surface area contributed by atoms with Gasteiger partial charge in [-0.25, -0.2) is 9.83 Å². The normalized spacial score (nSPS) is 11.6. The zero-order valence-electron chi connectivity index (χ0n) is 9.40. The SMILES string of the molecule is [C-]#[N+]C(C(=O)OCC)=C(C)c1nc(C)cs1. The number of aromatic nitrogens is 1. The highest BCUT2D eigenvalue weighted by atomic mass is 32.1. The average molecular weight is 236 g/mol. The molecule has 0 aliphatic heterocycles. The predicted molar refractivity (Wildman–Crippen MR) is 62.7 cm³/mol. The second kappa shape index (κ2) is 5.42. The Bertz CT molecular complexity index is 469. The number of hydrogen-bond donors (Lipinski definition) is 0. The highest BCUT2D eigenvalue weighted by Gasteiger charge is 2.17. The summed E-state index contributed by atoms with van der Waals surface area (Å²) in [4.78, 5) is 18.9. The van der Waals surface area contributed by atoms with Crippen molar-refractivity contribution in [1.29, 1.82) is 0 Å². The van der Waals surface area contributed by atoms with E-state index in [1.54, 1.807) is 13.8 Å². The van der Waals surface area contributed by atoms with Crippen LogP contribution in [0.2, 0.25) is 0 Å². The van der Waals surface area contributed by atoms with Crippen molar-refractivity contribution in [2.45, 2.75) is 20.8 Å². The number of carbonyl (C=O) groups excluding carboxylic acids is 1. The molecule has 16 heavy (non-hydrogen) atoms. The number of esters is 1. The zero-order valence-corrected chi connectivity index (χ0v) is 10.2. The van der Waals surface area contributed by atoms with E-state index >= 15 is 0 Å². The predicted octanol–water partition coefficient (Wildman–Crippen LogP) is 2.66. The molecule has 1 heterocycles. The molecule has 0 atom stereocenters. The number of carbonyl (C=O) groups is 1. The van der Waals surface area contributed by atoms with Gasteiger partial charge < -0.3 is 4.74 Å². The molecule has 0 bridgehead atoms. The van der Waals surface area contributed by atoms with E-state index in [2.05, 4.69) is 9.83 Å². The van der Waals surface area contributed by atoms with Crippen LogP contribution < -0.4 is 0 Å². The Kier molecular flexibility index (Phi) is 4.20. The lowest BCUT2D eigenvalue weighted by molar-refractivity contribution is -0.138. The van der Waals surface area contributed by atoms with Gasteiger partial charge in [0.1, 0.15) is 5.01 Å². The van der Waals surface area contributed by atoms with Crippen LogP contribution in [0.1, 0.15) is 24.5 Å². The van der Waals surface area contributed by atoms with Crippen LogP contribution in [-0.4, -0.2) is 17.6 Å². The number of ether oxygens (including phenoxy) is 1. The number of nitrogens with zero attached hydrogens (tertiary/aromatic N) is 2. The molecule has 0 saturated carbocycles. The van der Waals surface area contributed by atoms with Crippen LogP contribution in [0.4, 0.5) is 0 Å². The van der Waals surface area contributed by atoms with Crippen molar-refractivity contribution < 1.29 is 9.53 Å². The minimum absolute atomic E-state index is 0.0104. The maximum absolute atomic E-state index is 11.5. The second-order valence-corrected chi connectivity index (χ2v) is 3.96. The summed E-state index contributed by atoms with van der Waals surface area (Å²) in [6, 6.07) is 0. The van der Waals surface area contributed by atoms with Gasteiger partial charge in [-0.05, 0) is 26.3 Å². The quantitative estimate of drug-likeness (QED) is 0.460. The molecule has 0 amide bonds. The van der Waals surface area contributed by atoms with Gasteiger partial charge >= 0.3 is 5.97 Å². The van der Waals surface area contributed by atoms with E-state index in [0.29, 0.717) is 10.6 Å². The van der Waals surface area contributed by atoms with Crippen molar-refractivity contribution in [2.24, 2.45) is 0 Å². The third-order valence-corrected chi connectivity index (χ3v) is 2.96. The first kappa shape index (κ1) is 12.4. The van der Waals surface area contributed by atoms with Gasteiger partial charge in [-0.1, -0.05) is 0 Å². The van der Waals surface area contributed by atoms with E-state index < -0.39 is 5.97 Å². The Morgan fingerprint density at radius 2 is 2.38 bits per heavy atom. The first-order chi connectivity index (χ1) is 7.60. The minimum Gasteiger partial charge on any atom is -0.471 e. The lowest BCUT2D eigenvalue weighted by atomic mass is 10.2. The third-order valence-electron chi connectivity index (χ3n) is 1.88. The van der Waals surface area contributed by atoms with Crippen molar-refractivity contribution >= 4 is 22.9 Å². The molecule has 0 aromatic carbocycles. The van der Waals surface area contributed by atoms with Crippen LogP contribution in [-0.2, 0) is 9.53 Å². The molecule has 1 aromatic heterocycles. The van der Waals surface area contributed by atoms with Crippen molar-refractivity contribution in [3.05, 3.63) is 33.2 Å². The standard InChI is InChI=1S/C11H12N2O2S/c1-5-15-11(14)9(12-4)8(3)10-13-7(2)6-16-10/h6H,5H2,1-3H3. The van der Waals surface area contributed by atoms with Crippen molar-refractivity contribution in [3.63, 3.8) is 0 Å². The zero-order chi connectivity index (χ0) is 12.1. The summed E-state index contributed by atoms with van der Waals surface area (Å²) in [5, 5.41) is 2.57. The number of allylic oxidation sites excluding steroid dienone is 1. The van der Waals surface area contributed by atoms with Crippen molar-refractivity contribution in [2.75, 3.05) is 6.61 Å². The number of rotatable bonds is 3. The van der Waals surface area contributed by atoms with Gasteiger partial charge in [0.05, 0.1) is 13.2 Å². The van der Waals surface area contributed by atoms with E-state index in [-0.39, 0.29) is 12.3 Å². The third kappa shape index (κ3) is 2.67. The molecule has 4 nitrogen and oxygen atoms in total. The van der Waals surface area contributed by atoms with Gasteiger partial charge in [0.15, 0.2) is 0 Å². The minimum atomic E-state index is -0.581. The molecule has 0 radical (unpaired) electrons. The molecule has 5 heteroatoms. The lowest BCUT2D eigenvalue weighted by Crippen LogP contribution is -2.06. The maximum atomic E-state index is 11.5. The van der Waals surface area contributed by atoms with Crippen LogP contribution >= 0.6 is 11.3 Å². The summed E-state index contributed by atoms with van der Waals surface area (Å²) in [6.07, 6.45) is 0. The first-order valence-corrected chi connectivity index (χ1v) is 5.66. The van der Waals surface area contributed by atoms with E-state index in [1.807, 2.05) is 12.3 Å². The summed E-state index contributed by atoms with van der Waals surface area (Å²) in [5.74, 6) is -0.581. The van der Waals surface area contributed by atoms with Gasteiger partial charge in [-0.3, -0.25) is 4.79 Å².